The highest BCUT2D eigenvalue weighted by Gasteiger charge is 2.66. The molecule has 1 fully saturated rings. The Balaban J connectivity index is 3.53. The minimum atomic E-state index is -1.44. The molecular weight excluding hydrogens is 342 g/mol. The Morgan fingerprint density at radius 1 is 0.458 bits per heavy atom. The maximum absolute atomic E-state index is 4.04. The molecule has 0 aromatic heterocycles. The van der Waals surface area contributed by atoms with Gasteiger partial charge in [0.05, 0.1) is 7.11 Å². The SMILES string of the molecule is CCC[Si]1(CCC)NNN[Si](CCC)(CCC)[Si]1(CCC)CCC. The van der Waals surface area contributed by atoms with Crippen LogP contribution in [0.15, 0.2) is 0 Å². The van der Waals surface area contributed by atoms with Crippen LogP contribution in [-0.4, -0.2) is 22.6 Å². The molecule has 0 aromatic carbocycles. The van der Waals surface area contributed by atoms with Crippen LogP contribution in [0.2, 0.25) is 36.3 Å². The molecule has 0 aromatic rings. The van der Waals surface area contributed by atoms with Crippen LogP contribution in [0.25, 0.3) is 0 Å². The zero-order valence-corrected chi connectivity index (χ0v) is 20.5. The Kier molecular flexibility index (Phi) is 9.99. The average Bonchev–Trinajstić information content (AvgIpc) is 2.54. The van der Waals surface area contributed by atoms with Crippen molar-refractivity contribution in [3.05, 3.63) is 0 Å². The highest BCUT2D eigenvalue weighted by Crippen LogP contribution is 2.45. The molecule has 1 rings (SSSR count). The van der Waals surface area contributed by atoms with Crippen molar-refractivity contribution < 1.29 is 0 Å². The van der Waals surface area contributed by atoms with Crippen molar-refractivity contribution in [2.24, 2.45) is 0 Å². The lowest BCUT2D eigenvalue weighted by Crippen LogP contribution is -2.94. The third kappa shape index (κ3) is 4.09. The van der Waals surface area contributed by atoms with Gasteiger partial charge in [-0.05, 0) is 24.2 Å². The van der Waals surface area contributed by atoms with Crippen molar-refractivity contribution in [3.8, 4) is 0 Å². The Morgan fingerprint density at radius 2 is 0.750 bits per heavy atom. The molecule has 0 bridgehead atoms. The summed E-state index contributed by atoms with van der Waals surface area (Å²) < 4.78 is 0. The summed E-state index contributed by atoms with van der Waals surface area (Å²) in [5, 5.41) is 8.08. The molecule has 6 heteroatoms. The van der Waals surface area contributed by atoms with Gasteiger partial charge in [-0.25, -0.2) is 5.53 Å². The highest BCUT2D eigenvalue weighted by molar-refractivity contribution is 7.69. The zero-order valence-electron chi connectivity index (χ0n) is 17.5. The summed E-state index contributed by atoms with van der Waals surface area (Å²) in [7, 11) is -4.21. The predicted molar refractivity (Wildman–Crippen MR) is 117 cm³/mol. The second kappa shape index (κ2) is 10.6. The molecule has 0 amide bonds. The van der Waals surface area contributed by atoms with E-state index >= 15 is 0 Å². The van der Waals surface area contributed by atoms with Gasteiger partial charge in [0, 0.05) is 0 Å². The number of hydrogen-bond acceptors (Lipinski definition) is 3. The Hall–Kier alpha value is 0.531. The normalized spacial score (nSPS) is 21.8. The summed E-state index contributed by atoms with van der Waals surface area (Å²) in [4.78, 5) is 0. The molecule has 0 atom stereocenters. The van der Waals surface area contributed by atoms with Crippen LogP contribution in [0.5, 0.6) is 0 Å². The summed E-state index contributed by atoms with van der Waals surface area (Å²) in [5.41, 5.74) is 3.64. The van der Waals surface area contributed by atoms with Crippen molar-refractivity contribution in [1.82, 2.24) is 15.7 Å². The first kappa shape index (κ1) is 22.6. The number of rotatable bonds is 12. The maximum Gasteiger partial charge on any atom is 0.133 e. The minimum absolute atomic E-state index is 1.33. The lowest BCUT2D eigenvalue weighted by atomic mass is 10.6. The van der Waals surface area contributed by atoms with Crippen LogP contribution in [0.1, 0.15) is 80.1 Å². The first-order valence-electron chi connectivity index (χ1n) is 10.9. The van der Waals surface area contributed by atoms with E-state index in [1.807, 2.05) is 0 Å². The van der Waals surface area contributed by atoms with Gasteiger partial charge in [-0.2, -0.15) is 0 Å². The lowest BCUT2D eigenvalue weighted by molar-refractivity contribution is 0.593. The summed E-state index contributed by atoms with van der Waals surface area (Å²) in [6.45, 7) is 14.6. The maximum atomic E-state index is 4.04. The Morgan fingerprint density at radius 3 is 1.00 bits per heavy atom. The molecule has 24 heavy (non-hydrogen) atoms. The van der Waals surface area contributed by atoms with Gasteiger partial charge in [-0.15, -0.1) is 0 Å². The van der Waals surface area contributed by atoms with Crippen LogP contribution in [-0.2, 0) is 0 Å². The van der Waals surface area contributed by atoms with E-state index in [9.17, 15) is 0 Å². The number of hydrazine groups is 2. The molecule has 1 saturated heterocycles. The summed E-state index contributed by atoms with van der Waals surface area (Å²) in [5.74, 6) is 0. The minimum Gasteiger partial charge on any atom is -0.269 e. The van der Waals surface area contributed by atoms with E-state index in [-0.39, 0.29) is 0 Å². The van der Waals surface area contributed by atoms with Crippen LogP contribution in [0.3, 0.4) is 0 Å². The molecule has 0 spiro atoms. The fraction of sp³-hybridized carbons (Fsp3) is 1.00. The number of hydrogen-bond donors (Lipinski definition) is 3. The fourth-order valence-electron chi connectivity index (χ4n) is 6.07. The predicted octanol–water partition coefficient (Wildman–Crippen LogP) is 5.56. The first-order chi connectivity index (χ1) is 11.6. The van der Waals surface area contributed by atoms with Gasteiger partial charge in [0.15, 0.2) is 0 Å². The molecule has 144 valence electrons. The van der Waals surface area contributed by atoms with Crippen molar-refractivity contribution in [3.63, 3.8) is 0 Å². The van der Waals surface area contributed by atoms with Crippen molar-refractivity contribution in [2.75, 3.05) is 0 Å². The molecule has 0 unspecified atom stereocenters. The molecule has 1 heterocycles. The van der Waals surface area contributed by atoms with Gasteiger partial charge in [0.2, 0.25) is 0 Å². The third-order valence-electron chi connectivity index (χ3n) is 6.50. The van der Waals surface area contributed by atoms with Gasteiger partial charge in [-0.1, -0.05) is 92.2 Å². The molecule has 0 radical (unpaired) electrons. The van der Waals surface area contributed by atoms with Crippen LogP contribution < -0.4 is 15.7 Å². The molecule has 1 aliphatic heterocycles. The van der Waals surface area contributed by atoms with Gasteiger partial charge >= 0.3 is 0 Å². The van der Waals surface area contributed by atoms with Gasteiger partial charge < -0.3 is 0 Å². The van der Waals surface area contributed by atoms with E-state index in [4.69, 9.17) is 0 Å². The average molecular weight is 388 g/mol. The fourth-order valence-corrected chi connectivity index (χ4v) is 54.3. The van der Waals surface area contributed by atoms with Crippen molar-refractivity contribution >= 4 is 22.6 Å². The third-order valence-corrected chi connectivity index (χ3v) is 45.8. The molecule has 1 aliphatic rings. The van der Waals surface area contributed by atoms with Crippen molar-refractivity contribution in [1.29, 1.82) is 0 Å². The van der Waals surface area contributed by atoms with Gasteiger partial charge in [-0.3, -0.25) is 10.2 Å². The smallest absolute Gasteiger partial charge is 0.133 e. The first-order valence-corrected chi connectivity index (χ1v) is 20.1. The van der Waals surface area contributed by atoms with Crippen molar-refractivity contribution in [2.45, 2.75) is 116 Å². The standard InChI is InChI=1S/C18H45N3Si3/c1-7-13-22(14-8-2)20-19-21-23(15-9-3,16-10-4)24(22,17-11-5)18-12-6/h19-21H,7-18H2,1-6H3. The second-order valence-electron chi connectivity index (χ2n) is 8.12. The van der Waals surface area contributed by atoms with E-state index in [1.54, 1.807) is 12.1 Å². The quantitative estimate of drug-likeness (QED) is 0.384. The largest absolute Gasteiger partial charge is 0.269 e. The van der Waals surface area contributed by atoms with E-state index in [1.165, 1.54) is 62.7 Å². The van der Waals surface area contributed by atoms with E-state index < -0.39 is 22.6 Å². The molecule has 0 saturated carbocycles. The van der Waals surface area contributed by atoms with Crippen LogP contribution in [0.4, 0.5) is 0 Å². The van der Waals surface area contributed by atoms with Crippen LogP contribution >= 0.6 is 0 Å². The topological polar surface area (TPSA) is 36.1 Å². The molecule has 3 N–H and O–H groups in total. The van der Waals surface area contributed by atoms with Gasteiger partial charge in [0.1, 0.15) is 15.5 Å². The summed E-state index contributed by atoms with van der Waals surface area (Å²) in [6.07, 6.45) is 8.27. The van der Waals surface area contributed by atoms with E-state index in [0.29, 0.717) is 0 Å². The zero-order chi connectivity index (χ0) is 18.1. The summed E-state index contributed by atoms with van der Waals surface area (Å²) in [6, 6.07) is 9.18. The molecule has 0 aliphatic carbocycles. The van der Waals surface area contributed by atoms with E-state index in [0.717, 1.165) is 0 Å². The lowest BCUT2D eigenvalue weighted by Gasteiger charge is -2.62. The van der Waals surface area contributed by atoms with Gasteiger partial charge in [0.25, 0.3) is 0 Å². The summed E-state index contributed by atoms with van der Waals surface area (Å²) >= 11 is 0. The highest BCUT2D eigenvalue weighted by atomic mass is 29.6. The number of nitrogens with one attached hydrogen (secondary N) is 3. The Labute approximate surface area is 154 Å². The second-order valence-corrected chi connectivity index (χ2v) is 31.1. The van der Waals surface area contributed by atoms with Crippen LogP contribution in [0, 0.1) is 0 Å². The Bertz CT molecular complexity index is 297. The monoisotopic (exact) mass is 387 g/mol. The molecular formula is C18H45N3Si3. The van der Waals surface area contributed by atoms with E-state index in [2.05, 4.69) is 57.3 Å². The molecule has 3 nitrogen and oxygen atoms in total.